The third-order valence-corrected chi connectivity index (χ3v) is 6.11. The van der Waals surface area contributed by atoms with E-state index in [-0.39, 0.29) is 17.6 Å². The van der Waals surface area contributed by atoms with Gasteiger partial charge in [-0.15, -0.1) is 0 Å². The Morgan fingerprint density at radius 2 is 2.00 bits per heavy atom. The van der Waals surface area contributed by atoms with Gasteiger partial charge in [0, 0.05) is 17.4 Å². The normalized spacial score (nSPS) is 26.9. The van der Waals surface area contributed by atoms with Gasteiger partial charge in [-0.25, -0.2) is 0 Å². The Morgan fingerprint density at radius 1 is 1.22 bits per heavy atom. The van der Waals surface area contributed by atoms with Crippen LogP contribution in [-0.2, 0) is 0 Å². The van der Waals surface area contributed by atoms with Gasteiger partial charge >= 0.3 is 0 Å². The van der Waals surface area contributed by atoms with Crippen LogP contribution < -0.4 is 15.1 Å². The molecule has 0 saturated heterocycles. The third-order valence-electron chi connectivity index (χ3n) is 6.11. The summed E-state index contributed by atoms with van der Waals surface area (Å²) in [5.74, 6) is 1.71. The molecule has 4 nitrogen and oxygen atoms in total. The number of nitrogens with zero attached hydrogens (tertiary/aromatic N) is 1. The molecule has 1 fully saturated rings. The summed E-state index contributed by atoms with van der Waals surface area (Å²) in [4.78, 5) is 18.6. The minimum absolute atomic E-state index is 0.00973. The highest BCUT2D eigenvalue weighted by molar-refractivity contribution is 5.72. The van der Waals surface area contributed by atoms with Gasteiger partial charge in [-0.3, -0.25) is 4.79 Å². The largest absolute Gasteiger partial charge is 0.485 e. The lowest BCUT2D eigenvalue weighted by molar-refractivity contribution is 0.0734. The van der Waals surface area contributed by atoms with Gasteiger partial charge in [0.25, 0.3) is 5.56 Å². The minimum Gasteiger partial charge on any atom is -0.485 e. The maximum absolute atomic E-state index is 13.2. The molecular formula is C23H27NO3. The molecule has 2 aromatic rings. The van der Waals surface area contributed by atoms with Gasteiger partial charge < -0.3 is 9.57 Å². The molecule has 2 heterocycles. The summed E-state index contributed by atoms with van der Waals surface area (Å²) in [6, 6.07) is 10.1. The van der Waals surface area contributed by atoms with Crippen molar-refractivity contribution >= 4 is 0 Å². The van der Waals surface area contributed by atoms with E-state index in [1.807, 2.05) is 37.3 Å². The number of hydrogen-bond acceptors (Lipinski definition) is 3. The number of hydrogen-bond donors (Lipinski definition) is 0. The van der Waals surface area contributed by atoms with Crippen molar-refractivity contribution in [1.82, 2.24) is 4.73 Å². The number of fused-ring (bicyclic) bond motifs is 3. The molecule has 1 aromatic heterocycles. The number of allylic oxidation sites excluding steroid dienone is 1. The van der Waals surface area contributed by atoms with Crippen molar-refractivity contribution in [3.8, 4) is 16.9 Å². The molecule has 142 valence electrons. The fraction of sp³-hybridized carbons (Fsp3) is 0.435. The number of benzene rings is 1. The summed E-state index contributed by atoms with van der Waals surface area (Å²) in [6.07, 6.45) is 9.40. The zero-order valence-corrected chi connectivity index (χ0v) is 16.2. The van der Waals surface area contributed by atoms with E-state index in [9.17, 15) is 4.79 Å². The lowest BCUT2D eigenvalue weighted by atomic mass is 9.66. The third kappa shape index (κ3) is 2.97. The summed E-state index contributed by atoms with van der Waals surface area (Å²) in [5, 5.41) is 0. The van der Waals surface area contributed by atoms with Gasteiger partial charge in [-0.2, -0.15) is 4.73 Å². The fourth-order valence-corrected chi connectivity index (χ4v) is 4.89. The first kappa shape index (κ1) is 17.9. The van der Waals surface area contributed by atoms with E-state index < -0.39 is 0 Å². The molecule has 0 radical (unpaired) electrons. The van der Waals surface area contributed by atoms with Gasteiger partial charge in [0.1, 0.15) is 19.0 Å². The first-order chi connectivity index (χ1) is 13.2. The molecule has 27 heavy (non-hydrogen) atoms. The summed E-state index contributed by atoms with van der Waals surface area (Å²) < 4.78 is 7.86. The van der Waals surface area contributed by atoms with Crippen molar-refractivity contribution in [2.45, 2.75) is 45.1 Å². The summed E-state index contributed by atoms with van der Waals surface area (Å²) in [5.41, 5.74) is 2.64. The second-order valence-electron chi connectivity index (χ2n) is 7.67. The molecule has 4 atom stereocenters. The van der Waals surface area contributed by atoms with Gasteiger partial charge in [-0.05, 0) is 30.9 Å². The number of ether oxygens (including phenoxy) is 1. The van der Waals surface area contributed by atoms with Crippen molar-refractivity contribution < 1.29 is 9.57 Å². The number of aromatic nitrogens is 1. The van der Waals surface area contributed by atoms with Crippen LogP contribution in [0.3, 0.4) is 0 Å². The van der Waals surface area contributed by atoms with E-state index in [0.717, 1.165) is 35.3 Å². The van der Waals surface area contributed by atoms with Crippen LogP contribution in [-0.4, -0.2) is 17.9 Å². The summed E-state index contributed by atoms with van der Waals surface area (Å²) in [6.45, 7) is 4.30. The monoisotopic (exact) mass is 365 g/mol. The van der Waals surface area contributed by atoms with Crippen molar-refractivity contribution in [3.63, 3.8) is 0 Å². The van der Waals surface area contributed by atoms with E-state index in [1.54, 1.807) is 6.20 Å². The predicted octanol–water partition coefficient (Wildman–Crippen LogP) is 4.43. The first-order valence-electron chi connectivity index (χ1n) is 9.84. The Morgan fingerprint density at radius 3 is 2.70 bits per heavy atom. The second kappa shape index (κ2) is 7.26. The summed E-state index contributed by atoms with van der Waals surface area (Å²) >= 11 is 0. The molecular weight excluding hydrogens is 338 g/mol. The molecule has 2 aliphatic rings. The predicted molar refractivity (Wildman–Crippen MR) is 107 cm³/mol. The number of pyridine rings is 1. The lowest BCUT2D eigenvalue weighted by Crippen LogP contribution is -2.44. The Labute approximate surface area is 160 Å². The van der Waals surface area contributed by atoms with Gasteiger partial charge in [0.2, 0.25) is 0 Å². The van der Waals surface area contributed by atoms with Crippen molar-refractivity contribution in [3.05, 3.63) is 64.6 Å². The van der Waals surface area contributed by atoms with Crippen molar-refractivity contribution in [2.75, 3.05) is 7.11 Å². The van der Waals surface area contributed by atoms with E-state index in [0.29, 0.717) is 11.8 Å². The molecule has 4 heteroatoms. The van der Waals surface area contributed by atoms with E-state index in [2.05, 4.69) is 19.1 Å². The quantitative estimate of drug-likeness (QED) is 0.756. The van der Waals surface area contributed by atoms with Gasteiger partial charge in [0.05, 0.1) is 11.8 Å². The lowest BCUT2D eigenvalue weighted by Gasteiger charge is -2.44. The highest BCUT2D eigenvalue weighted by Gasteiger charge is 2.44. The molecule has 1 aromatic carbocycles. The smallest absolute Gasteiger partial charge is 0.290 e. The number of rotatable bonds is 3. The fourth-order valence-electron chi connectivity index (χ4n) is 4.89. The highest BCUT2D eigenvalue weighted by Crippen LogP contribution is 2.51. The Bertz CT molecular complexity index is 900. The van der Waals surface area contributed by atoms with Crippen LogP contribution in [0.15, 0.2) is 53.5 Å². The highest BCUT2D eigenvalue weighted by atomic mass is 16.6. The first-order valence-corrected chi connectivity index (χ1v) is 9.84. The van der Waals surface area contributed by atoms with Crippen LogP contribution in [0, 0.1) is 11.8 Å². The average Bonchev–Trinajstić information content (AvgIpc) is 2.69. The Balaban J connectivity index is 1.99. The SMILES string of the molecule is C/C=C/C1Oc2c(-c3ccccc3)cn(OC)c(=O)c2C2C(C)CCCC12. The molecule has 1 aliphatic carbocycles. The second-order valence-corrected chi connectivity index (χ2v) is 7.67. The molecule has 1 saturated carbocycles. The van der Waals surface area contributed by atoms with Crippen LogP contribution in [0.25, 0.3) is 11.1 Å². The zero-order valence-electron chi connectivity index (χ0n) is 16.2. The molecule has 0 amide bonds. The maximum atomic E-state index is 13.2. The maximum Gasteiger partial charge on any atom is 0.290 e. The topological polar surface area (TPSA) is 40.5 Å². The summed E-state index contributed by atoms with van der Waals surface area (Å²) in [7, 11) is 1.54. The van der Waals surface area contributed by atoms with Crippen LogP contribution >= 0.6 is 0 Å². The Kier molecular flexibility index (Phi) is 4.81. The van der Waals surface area contributed by atoms with Gasteiger partial charge in [0.15, 0.2) is 0 Å². The van der Waals surface area contributed by atoms with Gasteiger partial charge in [-0.1, -0.05) is 56.2 Å². The average molecular weight is 365 g/mol. The molecule has 0 bridgehead atoms. The molecule has 4 rings (SSSR count). The standard InChI is InChI=1S/C23H27NO3/c1-4-9-19-17-13-8-10-15(2)20(17)21-22(27-19)18(14-24(26-3)23(21)25)16-11-6-5-7-12-16/h4-7,9,11-12,14-15,17,19-20H,8,10,13H2,1-3H3/b9-4+. The van der Waals surface area contributed by atoms with Crippen LogP contribution in [0.1, 0.15) is 44.6 Å². The van der Waals surface area contributed by atoms with Crippen LogP contribution in [0.5, 0.6) is 5.75 Å². The minimum atomic E-state index is -0.0881. The van der Waals surface area contributed by atoms with Crippen LogP contribution in [0.4, 0.5) is 0 Å². The molecule has 1 aliphatic heterocycles. The van der Waals surface area contributed by atoms with E-state index in [4.69, 9.17) is 9.57 Å². The Hall–Kier alpha value is -2.49. The molecule has 0 spiro atoms. The van der Waals surface area contributed by atoms with Crippen LogP contribution in [0.2, 0.25) is 0 Å². The van der Waals surface area contributed by atoms with E-state index >= 15 is 0 Å². The zero-order chi connectivity index (χ0) is 19.0. The molecule has 0 N–H and O–H groups in total. The van der Waals surface area contributed by atoms with Crippen molar-refractivity contribution in [2.24, 2.45) is 11.8 Å². The molecule has 4 unspecified atom stereocenters. The van der Waals surface area contributed by atoms with E-state index in [1.165, 1.54) is 18.3 Å². The van der Waals surface area contributed by atoms with Crippen molar-refractivity contribution in [1.29, 1.82) is 0 Å².